The van der Waals surface area contributed by atoms with Crippen LogP contribution in [0, 0.1) is 6.92 Å². The summed E-state index contributed by atoms with van der Waals surface area (Å²) in [6, 6.07) is 24.7. The zero-order valence-electron chi connectivity index (χ0n) is 18.9. The molecule has 0 aliphatic heterocycles. The van der Waals surface area contributed by atoms with Gasteiger partial charge in [0.05, 0.1) is 11.4 Å². The van der Waals surface area contributed by atoms with Crippen LogP contribution in [0.1, 0.15) is 17.7 Å². The molecule has 3 aromatic carbocycles. The van der Waals surface area contributed by atoms with Gasteiger partial charge in [-0.15, -0.1) is 0 Å². The van der Waals surface area contributed by atoms with Crippen molar-refractivity contribution in [3.8, 4) is 22.6 Å². The van der Waals surface area contributed by atoms with E-state index in [2.05, 4.69) is 0 Å². The first-order valence-electron chi connectivity index (χ1n) is 10.9. The second kappa shape index (κ2) is 10.0. The highest BCUT2D eigenvalue weighted by Gasteiger charge is 2.25. The summed E-state index contributed by atoms with van der Waals surface area (Å²) in [6.07, 6.45) is -0.417. The molecular weight excluding hydrogens is 452 g/mol. The minimum Gasteiger partial charge on any atom is -0.479 e. The van der Waals surface area contributed by atoms with E-state index in [9.17, 15) is 14.7 Å². The number of para-hydroxylation sites is 1. The molecule has 0 aliphatic rings. The molecule has 4 rings (SSSR count). The maximum absolute atomic E-state index is 13.1. The van der Waals surface area contributed by atoms with Gasteiger partial charge < -0.3 is 9.84 Å². The fraction of sp³-hybridized carbons (Fsp3) is 0.185. The number of halogens is 1. The zero-order valence-corrected chi connectivity index (χ0v) is 19.7. The van der Waals surface area contributed by atoms with Gasteiger partial charge in [-0.25, -0.2) is 9.48 Å². The summed E-state index contributed by atoms with van der Waals surface area (Å²) in [4.78, 5) is 25.0. The first kappa shape index (κ1) is 23.4. The van der Waals surface area contributed by atoms with Crippen LogP contribution < -0.4 is 10.3 Å². The molecule has 1 unspecified atom stereocenters. The van der Waals surface area contributed by atoms with E-state index in [1.807, 2.05) is 78.9 Å². The lowest BCUT2D eigenvalue weighted by atomic mass is 10.0. The van der Waals surface area contributed by atoms with Crippen molar-refractivity contribution in [1.29, 1.82) is 0 Å². The molecule has 0 saturated carbocycles. The van der Waals surface area contributed by atoms with Gasteiger partial charge >= 0.3 is 11.5 Å². The summed E-state index contributed by atoms with van der Waals surface area (Å²) >= 11 is 5.96. The number of hydrogen-bond acceptors (Lipinski definition) is 3. The molecule has 0 aliphatic carbocycles. The van der Waals surface area contributed by atoms with Crippen molar-refractivity contribution in [2.75, 3.05) is 0 Å². The molecule has 7 heteroatoms. The van der Waals surface area contributed by atoms with Gasteiger partial charge in [-0.05, 0) is 60.7 Å². The summed E-state index contributed by atoms with van der Waals surface area (Å²) in [5.41, 5.74) is 3.95. The smallest absolute Gasteiger partial charge is 0.344 e. The van der Waals surface area contributed by atoms with Crippen LogP contribution in [0.25, 0.3) is 16.8 Å². The minimum atomic E-state index is -1.14. The number of aromatic nitrogens is 2. The molecule has 6 nitrogen and oxygen atoms in total. The van der Waals surface area contributed by atoms with Crippen molar-refractivity contribution in [3.05, 3.63) is 105 Å². The predicted octanol–water partition coefficient (Wildman–Crippen LogP) is 5.27. The minimum absolute atomic E-state index is 0.0526. The monoisotopic (exact) mass is 476 g/mol. The number of aliphatic carboxylic acids is 1. The third kappa shape index (κ3) is 4.92. The Hall–Kier alpha value is -3.77. The van der Waals surface area contributed by atoms with Gasteiger partial charge in [-0.1, -0.05) is 66.2 Å². The van der Waals surface area contributed by atoms with Crippen molar-refractivity contribution < 1.29 is 14.6 Å². The largest absolute Gasteiger partial charge is 0.479 e. The van der Waals surface area contributed by atoms with Gasteiger partial charge in [0.25, 0.3) is 0 Å². The highest BCUT2D eigenvalue weighted by atomic mass is 35.5. The Labute approximate surface area is 202 Å². The van der Waals surface area contributed by atoms with Crippen molar-refractivity contribution in [3.63, 3.8) is 0 Å². The van der Waals surface area contributed by atoms with Gasteiger partial charge in [-0.2, -0.15) is 0 Å². The molecule has 0 spiro atoms. The Bertz CT molecular complexity index is 1340. The van der Waals surface area contributed by atoms with Gasteiger partial charge in [-0.3, -0.25) is 9.48 Å². The lowest BCUT2D eigenvalue weighted by molar-refractivity contribution is -0.145. The first-order chi connectivity index (χ1) is 16.3. The topological polar surface area (TPSA) is 73.5 Å². The van der Waals surface area contributed by atoms with Crippen molar-refractivity contribution in [2.24, 2.45) is 7.05 Å². The van der Waals surface area contributed by atoms with Crippen molar-refractivity contribution in [1.82, 2.24) is 9.36 Å². The molecule has 174 valence electrons. The molecule has 34 heavy (non-hydrogen) atoms. The van der Waals surface area contributed by atoms with Gasteiger partial charge in [0, 0.05) is 12.1 Å². The molecule has 0 amide bonds. The fourth-order valence-electron chi connectivity index (χ4n) is 3.86. The van der Waals surface area contributed by atoms with Gasteiger partial charge in [0.1, 0.15) is 0 Å². The average Bonchev–Trinajstić information content (AvgIpc) is 3.05. The van der Waals surface area contributed by atoms with Crippen LogP contribution >= 0.6 is 11.6 Å². The van der Waals surface area contributed by atoms with Crippen LogP contribution in [0.15, 0.2) is 83.7 Å². The average molecular weight is 477 g/mol. The molecule has 1 atom stereocenters. The highest BCUT2D eigenvalue weighted by molar-refractivity contribution is 6.30. The number of carboxylic acids is 1. The van der Waals surface area contributed by atoms with Crippen LogP contribution in [-0.2, 0) is 18.3 Å². The van der Waals surface area contributed by atoms with Gasteiger partial charge in [0.15, 0.2) is 6.10 Å². The highest BCUT2D eigenvalue weighted by Crippen LogP contribution is 2.23. The Kier molecular flexibility index (Phi) is 6.89. The predicted molar refractivity (Wildman–Crippen MR) is 133 cm³/mol. The van der Waals surface area contributed by atoms with Crippen LogP contribution in [-0.4, -0.2) is 26.5 Å². The molecule has 1 aromatic heterocycles. The number of carboxylic acid groups (broad SMARTS) is 1. The van der Waals surface area contributed by atoms with E-state index < -0.39 is 12.1 Å². The fourth-order valence-corrected chi connectivity index (χ4v) is 3.98. The number of ether oxygens (including phenoxy) is 1. The number of carbonyl (C=O) groups is 1. The third-order valence-electron chi connectivity index (χ3n) is 5.86. The quantitative estimate of drug-likeness (QED) is 0.376. The summed E-state index contributed by atoms with van der Waals surface area (Å²) in [5.74, 6) is -1.05. The van der Waals surface area contributed by atoms with E-state index >= 15 is 0 Å². The molecule has 0 radical (unpaired) electrons. The standard InChI is InChI=1S/C27H25ClN2O4/c1-18-25(26(31)30(29(18)2)23-6-4-3-5-7-23)34-24(27(32)33)17-10-19-8-11-20(12-9-19)21-13-15-22(28)16-14-21/h3-9,11-16,24H,10,17H2,1-2H3,(H,32,33). The Morgan fingerprint density at radius 2 is 1.56 bits per heavy atom. The second-order valence-electron chi connectivity index (χ2n) is 8.08. The van der Waals surface area contributed by atoms with Crippen LogP contribution in [0.2, 0.25) is 5.02 Å². The molecule has 0 saturated heterocycles. The van der Waals surface area contributed by atoms with Gasteiger partial charge in [0.2, 0.25) is 5.75 Å². The van der Waals surface area contributed by atoms with Crippen molar-refractivity contribution >= 4 is 17.6 Å². The molecular formula is C27H25ClN2O4. The van der Waals surface area contributed by atoms with E-state index in [0.717, 1.165) is 16.7 Å². The number of hydrogen-bond donors (Lipinski definition) is 1. The summed E-state index contributed by atoms with van der Waals surface area (Å²) < 4.78 is 8.92. The van der Waals surface area contributed by atoms with E-state index in [4.69, 9.17) is 16.3 Å². The lowest BCUT2D eigenvalue weighted by Gasteiger charge is -2.14. The molecule has 0 fully saturated rings. The number of rotatable bonds is 8. The maximum Gasteiger partial charge on any atom is 0.344 e. The van der Waals surface area contributed by atoms with E-state index in [1.165, 1.54) is 4.68 Å². The second-order valence-corrected chi connectivity index (χ2v) is 8.51. The van der Waals surface area contributed by atoms with Crippen LogP contribution in [0.3, 0.4) is 0 Å². The first-order valence-corrected chi connectivity index (χ1v) is 11.3. The molecule has 4 aromatic rings. The van der Waals surface area contributed by atoms with E-state index in [-0.39, 0.29) is 17.7 Å². The normalized spacial score (nSPS) is 11.9. The van der Waals surface area contributed by atoms with E-state index in [0.29, 0.717) is 22.8 Å². The summed E-state index contributed by atoms with van der Waals surface area (Å²) in [5, 5.41) is 10.4. The third-order valence-corrected chi connectivity index (χ3v) is 6.12. The van der Waals surface area contributed by atoms with E-state index in [1.54, 1.807) is 18.7 Å². The summed E-state index contributed by atoms with van der Waals surface area (Å²) in [6.45, 7) is 1.74. The SMILES string of the molecule is Cc1c(OC(CCc2ccc(-c3ccc(Cl)cc3)cc2)C(=O)O)c(=O)n(-c2ccccc2)n1C. The summed E-state index contributed by atoms with van der Waals surface area (Å²) in [7, 11) is 1.74. The number of nitrogens with zero attached hydrogens (tertiary/aromatic N) is 2. The van der Waals surface area contributed by atoms with Crippen LogP contribution in [0.5, 0.6) is 5.75 Å². The maximum atomic E-state index is 13.1. The Morgan fingerprint density at radius 3 is 2.15 bits per heavy atom. The zero-order chi connectivity index (χ0) is 24.2. The number of aryl methyl sites for hydroxylation is 1. The van der Waals surface area contributed by atoms with Crippen molar-refractivity contribution in [2.45, 2.75) is 25.9 Å². The molecule has 0 bridgehead atoms. The lowest BCUT2D eigenvalue weighted by Crippen LogP contribution is -2.30. The molecule has 1 N–H and O–H groups in total. The molecule has 1 heterocycles. The van der Waals surface area contributed by atoms with Crippen LogP contribution in [0.4, 0.5) is 0 Å². The Balaban J connectivity index is 1.49. The number of benzene rings is 3. The Morgan fingerprint density at radius 1 is 0.971 bits per heavy atom.